The number of anilines is 1. The summed E-state index contributed by atoms with van der Waals surface area (Å²) in [5, 5.41) is 4.11. The Morgan fingerprint density at radius 1 is 0.900 bits per heavy atom. The average molecular weight is 476 g/mol. The van der Waals surface area contributed by atoms with E-state index in [0.717, 1.165) is 32.9 Å². The maximum Gasteiger partial charge on any atom is 0.174 e. The van der Waals surface area contributed by atoms with Gasteiger partial charge in [-0.05, 0) is 60.7 Å². The van der Waals surface area contributed by atoms with Crippen molar-refractivity contribution in [1.82, 2.24) is 10.3 Å². The van der Waals surface area contributed by atoms with Crippen molar-refractivity contribution in [3.05, 3.63) is 107 Å². The molecule has 6 heteroatoms. The highest BCUT2D eigenvalue weighted by atomic mass is 79.9. The summed E-state index contributed by atoms with van der Waals surface area (Å²) in [5.41, 5.74) is 2.96. The first kappa shape index (κ1) is 19.0. The van der Waals surface area contributed by atoms with Gasteiger partial charge in [0.2, 0.25) is 0 Å². The number of para-hydroxylation sites is 1. The third-order valence-corrected chi connectivity index (χ3v) is 6.02. The van der Waals surface area contributed by atoms with Gasteiger partial charge >= 0.3 is 0 Å². The molecule has 0 unspecified atom stereocenters. The number of thiocarbonyl (C=S) groups is 1. The van der Waals surface area contributed by atoms with E-state index < -0.39 is 0 Å². The normalized spacial score (nSPS) is 18.4. The third-order valence-electron chi connectivity index (χ3n) is 5.18. The number of furan rings is 1. The van der Waals surface area contributed by atoms with Gasteiger partial charge in [-0.25, -0.2) is 0 Å². The maximum absolute atomic E-state index is 6.36. The van der Waals surface area contributed by atoms with Gasteiger partial charge in [0.25, 0.3) is 0 Å². The van der Waals surface area contributed by atoms with Gasteiger partial charge in [0.05, 0.1) is 11.7 Å². The van der Waals surface area contributed by atoms with Crippen LogP contribution in [-0.2, 0) is 0 Å². The molecule has 2 aromatic carbocycles. The van der Waals surface area contributed by atoms with Gasteiger partial charge in [0, 0.05) is 21.9 Å². The molecule has 0 saturated carbocycles. The second-order valence-corrected chi connectivity index (χ2v) is 8.34. The number of nitrogens with one attached hydrogen (secondary N) is 1. The van der Waals surface area contributed by atoms with Crippen molar-refractivity contribution in [1.29, 1.82) is 0 Å². The van der Waals surface area contributed by atoms with Crippen molar-refractivity contribution >= 4 is 38.9 Å². The van der Waals surface area contributed by atoms with Crippen molar-refractivity contribution in [2.45, 2.75) is 12.1 Å². The Balaban J connectivity index is 1.59. The standard InChI is InChI=1S/C24H18BrN3OS/c25-17-11-9-16(10-12-17)20-13-14-21(29-20)23-22(19-8-4-5-15-26-19)27-24(30)28(23)18-6-2-1-3-7-18/h1-15,22-23H,(H,27,30)/t22-,23-/m0/s1. The number of benzene rings is 2. The monoisotopic (exact) mass is 475 g/mol. The molecule has 1 aliphatic heterocycles. The number of hydrogen-bond donors (Lipinski definition) is 1. The summed E-state index contributed by atoms with van der Waals surface area (Å²) in [6, 6.07) is 27.9. The first-order valence-corrected chi connectivity index (χ1v) is 10.8. The summed E-state index contributed by atoms with van der Waals surface area (Å²) in [6.45, 7) is 0. The summed E-state index contributed by atoms with van der Waals surface area (Å²) in [4.78, 5) is 6.69. The Morgan fingerprint density at radius 2 is 1.67 bits per heavy atom. The lowest BCUT2D eigenvalue weighted by molar-refractivity contribution is 0.439. The molecule has 1 aliphatic rings. The number of aromatic nitrogens is 1. The van der Waals surface area contributed by atoms with Crippen LogP contribution in [0.15, 0.2) is 100 Å². The van der Waals surface area contributed by atoms with Gasteiger partial charge in [-0.15, -0.1) is 0 Å². The molecule has 5 rings (SSSR count). The highest BCUT2D eigenvalue weighted by molar-refractivity contribution is 9.10. The van der Waals surface area contributed by atoms with Crippen LogP contribution in [0.3, 0.4) is 0 Å². The molecule has 0 radical (unpaired) electrons. The molecule has 1 saturated heterocycles. The lowest BCUT2D eigenvalue weighted by Gasteiger charge is -2.26. The minimum absolute atomic E-state index is 0.122. The molecule has 2 atom stereocenters. The van der Waals surface area contributed by atoms with Crippen LogP contribution in [0.25, 0.3) is 11.3 Å². The fourth-order valence-electron chi connectivity index (χ4n) is 3.79. The van der Waals surface area contributed by atoms with Gasteiger partial charge in [-0.2, -0.15) is 0 Å². The van der Waals surface area contributed by atoms with Crippen molar-refractivity contribution < 1.29 is 4.42 Å². The highest BCUT2D eigenvalue weighted by Gasteiger charge is 2.42. The number of hydrogen-bond acceptors (Lipinski definition) is 3. The quantitative estimate of drug-likeness (QED) is 0.351. The van der Waals surface area contributed by atoms with Crippen LogP contribution in [0.1, 0.15) is 23.5 Å². The van der Waals surface area contributed by atoms with Crippen LogP contribution in [0.4, 0.5) is 5.69 Å². The van der Waals surface area contributed by atoms with Gasteiger partial charge < -0.3 is 14.6 Å². The molecule has 4 nitrogen and oxygen atoms in total. The van der Waals surface area contributed by atoms with E-state index in [0.29, 0.717) is 5.11 Å². The third kappa shape index (κ3) is 3.53. The minimum Gasteiger partial charge on any atom is -0.459 e. The van der Waals surface area contributed by atoms with Gasteiger partial charge in [0.1, 0.15) is 17.6 Å². The molecule has 4 aromatic rings. The van der Waals surface area contributed by atoms with Crippen molar-refractivity contribution in [2.75, 3.05) is 4.90 Å². The van der Waals surface area contributed by atoms with Crippen molar-refractivity contribution in [3.63, 3.8) is 0 Å². The molecule has 0 aliphatic carbocycles. The predicted molar refractivity (Wildman–Crippen MR) is 126 cm³/mol. The molecule has 0 bridgehead atoms. The Kier molecular flexibility index (Phi) is 5.11. The lowest BCUT2D eigenvalue weighted by atomic mass is 10.0. The van der Waals surface area contributed by atoms with Crippen LogP contribution in [0.5, 0.6) is 0 Å². The SMILES string of the molecule is S=C1N[C@@H](c2ccccn2)[C@H](c2ccc(-c3ccc(Br)cc3)o2)N1c1ccccc1. The summed E-state index contributed by atoms with van der Waals surface area (Å²) in [5.74, 6) is 1.66. The molecule has 148 valence electrons. The largest absolute Gasteiger partial charge is 0.459 e. The summed E-state index contributed by atoms with van der Waals surface area (Å²) in [7, 11) is 0. The smallest absolute Gasteiger partial charge is 0.174 e. The second kappa shape index (κ2) is 8.05. The molecule has 3 heterocycles. The fraction of sp³-hybridized carbons (Fsp3) is 0.0833. The van der Waals surface area contributed by atoms with Crippen LogP contribution >= 0.6 is 28.1 Å². The zero-order valence-electron chi connectivity index (χ0n) is 15.9. The average Bonchev–Trinajstić information content (AvgIpc) is 3.40. The summed E-state index contributed by atoms with van der Waals surface area (Å²) in [6.07, 6.45) is 1.80. The fourth-order valence-corrected chi connectivity index (χ4v) is 4.40. The number of nitrogens with zero attached hydrogens (tertiary/aromatic N) is 2. The first-order valence-electron chi connectivity index (χ1n) is 9.62. The van der Waals surface area contributed by atoms with E-state index in [4.69, 9.17) is 16.6 Å². The highest BCUT2D eigenvalue weighted by Crippen LogP contribution is 2.42. The van der Waals surface area contributed by atoms with Gasteiger partial charge in [-0.3, -0.25) is 4.98 Å². The number of rotatable bonds is 4. The van der Waals surface area contributed by atoms with E-state index in [1.54, 1.807) is 6.20 Å². The van der Waals surface area contributed by atoms with Crippen LogP contribution in [-0.4, -0.2) is 10.1 Å². The van der Waals surface area contributed by atoms with E-state index in [2.05, 4.69) is 43.3 Å². The lowest BCUT2D eigenvalue weighted by Crippen LogP contribution is -2.29. The van der Waals surface area contributed by atoms with Gasteiger partial charge in [-0.1, -0.05) is 52.3 Å². The zero-order valence-corrected chi connectivity index (χ0v) is 18.3. The Hall–Kier alpha value is -2.96. The molecule has 1 N–H and O–H groups in total. The molecule has 2 aromatic heterocycles. The van der Waals surface area contributed by atoms with Gasteiger partial charge in [0.15, 0.2) is 5.11 Å². The first-order chi connectivity index (χ1) is 14.7. The maximum atomic E-state index is 6.36. The van der Waals surface area contributed by atoms with Crippen LogP contribution in [0, 0.1) is 0 Å². The van der Waals surface area contributed by atoms with Crippen molar-refractivity contribution in [2.24, 2.45) is 0 Å². The zero-order chi connectivity index (χ0) is 20.5. The summed E-state index contributed by atoms with van der Waals surface area (Å²) >= 11 is 9.22. The molecule has 0 amide bonds. The van der Waals surface area contributed by atoms with E-state index >= 15 is 0 Å². The molecule has 30 heavy (non-hydrogen) atoms. The number of halogens is 1. The van der Waals surface area contributed by atoms with Crippen LogP contribution < -0.4 is 10.2 Å². The van der Waals surface area contributed by atoms with E-state index in [1.165, 1.54) is 0 Å². The van der Waals surface area contributed by atoms with E-state index in [1.807, 2.05) is 72.8 Å². The summed E-state index contributed by atoms with van der Waals surface area (Å²) < 4.78 is 7.40. The van der Waals surface area contributed by atoms with Crippen LogP contribution in [0.2, 0.25) is 0 Å². The molecular weight excluding hydrogens is 458 g/mol. The number of pyridine rings is 1. The van der Waals surface area contributed by atoms with E-state index in [-0.39, 0.29) is 12.1 Å². The molecule has 1 fully saturated rings. The molecule has 0 spiro atoms. The minimum atomic E-state index is -0.154. The van der Waals surface area contributed by atoms with Crippen molar-refractivity contribution in [3.8, 4) is 11.3 Å². The Labute approximate surface area is 188 Å². The Bertz CT molecular complexity index is 1160. The topological polar surface area (TPSA) is 41.3 Å². The molecular formula is C24H18BrN3OS. The predicted octanol–water partition coefficient (Wildman–Crippen LogP) is 6.28. The second-order valence-electron chi connectivity index (χ2n) is 7.04. The van der Waals surface area contributed by atoms with E-state index in [9.17, 15) is 0 Å². The Morgan fingerprint density at radius 3 is 2.40 bits per heavy atom.